The maximum Gasteiger partial charge on any atom is 0.326 e. The number of hydroxylamine groups is 2. The number of nitrogens with zero attached hydrogens (tertiary/aromatic N) is 1. The van der Waals surface area contributed by atoms with Crippen LogP contribution < -0.4 is 0 Å². The van der Waals surface area contributed by atoms with Gasteiger partial charge in [0.1, 0.15) is 18.2 Å². The molecule has 108 valence electrons. The van der Waals surface area contributed by atoms with E-state index in [1.807, 2.05) is 25.1 Å². The van der Waals surface area contributed by atoms with Crippen LogP contribution in [-0.2, 0) is 20.9 Å². The number of hydrogen-bond donors (Lipinski definition) is 1. The second-order valence-electron chi connectivity index (χ2n) is 5.20. The van der Waals surface area contributed by atoms with Crippen LogP contribution in [0.5, 0.6) is 0 Å². The summed E-state index contributed by atoms with van der Waals surface area (Å²) >= 11 is 2.25. The van der Waals surface area contributed by atoms with Crippen molar-refractivity contribution in [3.05, 3.63) is 33.4 Å². The Bertz CT molecular complexity index is 524. The molecule has 5 nitrogen and oxygen atoms in total. The number of carbonyl (C=O) groups excluding carboxylic acids is 1. The Labute approximate surface area is 130 Å². The maximum absolute atomic E-state index is 12.0. The van der Waals surface area contributed by atoms with E-state index in [1.165, 1.54) is 0 Å². The maximum atomic E-state index is 12.0. The van der Waals surface area contributed by atoms with Crippen LogP contribution in [0.15, 0.2) is 24.3 Å². The van der Waals surface area contributed by atoms with E-state index in [2.05, 4.69) is 28.7 Å². The molecule has 1 aromatic carbocycles. The van der Waals surface area contributed by atoms with E-state index in [4.69, 9.17) is 9.57 Å². The highest BCUT2D eigenvalue weighted by atomic mass is 127. The van der Waals surface area contributed by atoms with E-state index < -0.39 is 6.04 Å². The molecule has 0 aliphatic carbocycles. The van der Waals surface area contributed by atoms with Crippen molar-refractivity contribution in [3.8, 4) is 0 Å². The molecule has 2 fully saturated rings. The molecule has 0 aromatic heterocycles. The van der Waals surface area contributed by atoms with E-state index in [1.54, 1.807) is 5.06 Å². The number of benzene rings is 1. The number of cyclic esters (lactones) is 1. The van der Waals surface area contributed by atoms with Crippen LogP contribution in [-0.4, -0.2) is 41.0 Å². The van der Waals surface area contributed by atoms with Gasteiger partial charge in [0, 0.05) is 3.57 Å². The van der Waals surface area contributed by atoms with Gasteiger partial charge in [-0.15, -0.1) is 0 Å². The minimum atomic E-state index is -0.417. The van der Waals surface area contributed by atoms with Gasteiger partial charge in [0.25, 0.3) is 0 Å². The number of hydrogen-bond acceptors (Lipinski definition) is 5. The number of fused-ring (bicyclic) bond motifs is 1. The molecule has 0 unspecified atom stereocenters. The number of aliphatic hydroxyl groups is 1. The lowest BCUT2D eigenvalue weighted by Crippen LogP contribution is -2.35. The molecular formula is C14H16INO4. The summed E-state index contributed by atoms with van der Waals surface area (Å²) in [5.41, 5.74) is 1.07. The molecule has 0 radical (unpaired) electrons. The average molecular weight is 389 g/mol. The zero-order chi connectivity index (χ0) is 14.3. The summed E-state index contributed by atoms with van der Waals surface area (Å²) in [5, 5.41) is 11.1. The summed E-state index contributed by atoms with van der Waals surface area (Å²) in [6.45, 7) is 2.25. The van der Waals surface area contributed by atoms with E-state index in [9.17, 15) is 9.90 Å². The summed E-state index contributed by atoms with van der Waals surface area (Å²) in [6.07, 6.45) is -0.588. The zero-order valence-corrected chi connectivity index (χ0v) is 13.2. The Hall–Kier alpha value is -0.700. The van der Waals surface area contributed by atoms with Crippen molar-refractivity contribution in [2.45, 2.75) is 31.7 Å². The van der Waals surface area contributed by atoms with Crippen molar-refractivity contribution in [3.63, 3.8) is 0 Å². The first-order chi connectivity index (χ1) is 9.60. The van der Waals surface area contributed by atoms with Crippen LogP contribution >= 0.6 is 22.6 Å². The normalized spacial score (nSPS) is 33.2. The molecule has 0 bridgehead atoms. The highest BCUT2D eigenvalue weighted by molar-refractivity contribution is 14.1. The average Bonchev–Trinajstić information content (AvgIpc) is 2.90. The minimum Gasteiger partial charge on any atom is -0.461 e. The first kappa shape index (κ1) is 14.2. The lowest BCUT2D eigenvalue weighted by Gasteiger charge is -2.20. The van der Waals surface area contributed by atoms with E-state index in [-0.39, 0.29) is 30.7 Å². The summed E-state index contributed by atoms with van der Waals surface area (Å²) < 4.78 is 6.41. The molecule has 2 heterocycles. The quantitative estimate of drug-likeness (QED) is 0.625. The number of aliphatic hydroxyl groups excluding tert-OH is 1. The van der Waals surface area contributed by atoms with Gasteiger partial charge in [-0.3, -0.25) is 9.63 Å². The summed E-state index contributed by atoms with van der Waals surface area (Å²) in [7, 11) is 0. The van der Waals surface area contributed by atoms with Crippen LogP contribution in [0.3, 0.4) is 0 Å². The smallest absolute Gasteiger partial charge is 0.326 e. The van der Waals surface area contributed by atoms with Crippen molar-refractivity contribution < 1.29 is 19.5 Å². The van der Waals surface area contributed by atoms with Crippen LogP contribution in [0.1, 0.15) is 12.5 Å². The van der Waals surface area contributed by atoms with Crippen LogP contribution in [0.2, 0.25) is 0 Å². The largest absolute Gasteiger partial charge is 0.461 e. The molecule has 1 N–H and O–H groups in total. The Kier molecular flexibility index (Phi) is 3.98. The van der Waals surface area contributed by atoms with Gasteiger partial charge in [-0.2, -0.15) is 5.06 Å². The summed E-state index contributed by atoms with van der Waals surface area (Å²) in [6, 6.07) is 7.62. The summed E-state index contributed by atoms with van der Waals surface area (Å²) in [5.74, 6) is -0.362. The van der Waals surface area contributed by atoms with Crippen molar-refractivity contribution in [2.24, 2.45) is 5.92 Å². The predicted octanol–water partition coefficient (Wildman–Crippen LogP) is 1.33. The number of carbonyl (C=O) groups is 1. The molecule has 1 aromatic rings. The van der Waals surface area contributed by atoms with Gasteiger partial charge in [0.2, 0.25) is 0 Å². The Morgan fingerprint density at radius 2 is 2.25 bits per heavy atom. The molecule has 0 amide bonds. The molecule has 20 heavy (non-hydrogen) atoms. The monoisotopic (exact) mass is 389 g/mol. The Balaban J connectivity index is 1.82. The highest BCUT2D eigenvalue weighted by Crippen LogP contribution is 2.38. The van der Waals surface area contributed by atoms with Gasteiger partial charge in [-0.05, 0) is 47.2 Å². The van der Waals surface area contributed by atoms with Crippen molar-refractivity contribution in [1.82, 2.24) is 5.06 Å². The third-order valence-electron chi connectivity index (χ3n) is 3.87. The third-order valence-corrected chi connectivity index (χ3v) is 4.54. The van der Waals surface area contributed by atoms with Crippen LogP contribution in [0.25, 0.3) is 0 Å². The van der Waals surface area contributed by atoms with Gasteiger partial charge >= 0.3 is 5.97 Å². The van der Waals surface area contributed by atoms with Gasteiger partial charge < -0.3 is 9.84 Å². The molecule has 6 heteroatoms. The second kappa shape index (κ2) is 5.59. The molecule has 2 saturated heterocycles. The Morgan fingerprint density at radius 1 is 1.45 bits per heavy atom. The van der Waals surface area contributed by atoms with Gasteiger partial charge in [0.05, 0.1) is 19.1 Å². The molecule has 3 rings (SSSR count). The predicted molar refractivity (Wildman–Crippen MR) is 79.5 cm³/mol. The summed E-state index contributed by atoms with van der Waals surface area (Å²) in [4.78, 5) is 17.7. The fraction of sp³-hybridized carbons (Fsp3) is 0.500. The molecule has 4 atom stereocenters. The SMILES string of the molecule is C[C@H]1OC(=O)[C@H]2[C@@H]1[C@@H](CO)ON2Cc1cccc(I)c1. The van der Waals surface area contributed by atoms with Crippen molar-refractivity contribution in [2.75, 3.05) is 6.61 Å². The third kappa shape index (κ3) is 2.45. The number of ether oxygens (including phenoxy) is 1. The van der Waals surface area contributed by atoms with E-state index >= 15 is 0 Å². The van der Waals surface area contributed by atoms with Gasteiger partial charge in [0.15, 0.2) is 0 Å². The molecular weight excluding hydrogens is 373 g/mol. The number of rotatable bonds is 3. The molecule has 0 saturated carbocycles. The lowest BCUT2D eigenvalue weighted by atomic mass is 9.93. The van der Waals surface area contributed by atoms with E-state index in [0.29, 0.717) is 6.54 Å². The molecule has 2 aliphatic rings. The molecule has 2 aliphatic heterocycles. The fourth-order valence-electron chi connectivity index (χ4n) is 2.98. The zero-order valence-electron chi connectivity index (χ0n) is 11.0. The van der Waals surface area contributed by atoms with Crippen LogP contribution in [0, 0.1) is 9.49 Å². The van der Waals surface area contributed by atoms with Gasteiger partial charge in [-0.25, -0.2) is 0 Å². The van der Waals surface area contributed by atoms with Crippen LogP contribution in [0.4, 0.5) is 0 Å². The van der Waals surface area contributed by atoms with Crippen molar-refractivity contribution in [1.29, 1.82) is 0 Å². The number of halogens is 1. The lowest BCUT2D eigenvalue weighted by molar-refractivity contribution is -0.195. The van der Waals surface area contributed by atoms with Crippen molar-refractivity contribution >= 4 is 28.6 Å². The topological polar surface area (TPSA) is 59.0 Å². The molecule has 0 spiro atoms. The minimum absolute atomic E-state index is 0.102. The first-order valence-electron chi connectivity index (χ1n) is 6.59. The highest BCUT2D eigenvalue weighted by Gasteiger charge is 2.55. The first-order valence-corrected chi connectivity index (χ1v) is 7.67. The standard InChI is InChI=1S/C14H16INO4/c1-8-12-11(7-17)20-16(13(12)14(18)19-8)6-9-3-2-4-10(15)5-9/h2-5,8,11-13,17H,6-7H2,1H3/t8-,11-,12+,13-/m1/s1. The second-order valence-corrected chi connectivity index (χ2v) is 6.44. The fourth-order valence-corrected chi connectivity index (χ4v) is 3.58. The number of esters is 1. The van der Waals surface area contributed by atoms with E-state index in [0.717, 1.165) is 9.13 Å². The Morgan fingerprint density at radius 3 is 2.95 bits per heavy atom. The van der Waals surface area contributed by atoms with Gasteiger partial charge in [-0.1, -0.05) is 12.1 Å².